The maximum absolute atomic E-state index is 8.42. The van der Waals surface area contributed by atoms with E-state index < -0.39 is 8.60 Å². The Balaban J connectivity index is 0.000001000. The molecule has 1 aliphatic rings. The third-order valence-corrected chi connectivity index (χ3v) is 2.00. The molecule has 6 heteroatoms. The van der Waals surface area contributed by atoms with Gasteiger partial charge >= 0.3 is 8.60 Å². The monoisotopic (exact) mass is 255 g/mol. The van der Waals surface area contributed by atoms with Crippen LogP contribution in [-0.4, -0.2) is 29.0 Å². The van der Waals surface area contributed by atoms with Crippen LogP contribution < -0.4 is 5.32 Å². The van der Waals surface area contributed by atoms with Gasteiger partial charge in [0.2, 0.25) is 0 Å². The van der Waals surface area contributed by atoms with Crippen molar-refractivity contribution in [3.63, 3.8) is 0 Å². The van der Waals surface area contributed by atoms with Crippen LogP contribution in [0.15, 0.2) is 0 Å². The van der Waals surface area contributed by atoms with Crippen LogP contribution in [0, 0.1) is 0 Å². The van der Waals surface area contributed by atoms with Gasteiger partial charge < -0.3 is 5.32 Å². The molecule has 0 aliphatic carbocycles. The Hall–Kier alpha value is 1.37. The van der Waals surface area contributed by atoms with Gasteiger partial charge in [-0.2, -0.15) is 14.3 Å². The van der Waals surface area contributed by atoms with Gasteiger partial charge in [0.05, 0.1) is 0 Å². The standard InChI is InChI=1S/C5H13NO3P.Y/c7-10(8)9-4-5-2-1-3-6-5;/h5-8,10H,1-4H2;/q+1;. The molecular formula is C5H13NO3PY+. The van der Waals surface area contributed by atoms with Crippen LogP contribution in [0.25, 0.3) is 0 Å². The molecule has 0 aromatic rings. The quantitative estimate of drug-likeness (QED) is 0.606. The van der Waals surface area contributed by atoms with Crippen molar-refractivity contribution in [1.29, 1.82) is 0 Å². The van der Waals surface area contributed by atoms with E-state index in [-0.39, 0.29) is 32.7 Å². The Morgan fingerprint density at radius 3 is 2.73 bits per heavy atom. The predicted octanol–water partition coefficient (Wildman–Crippen LogP) is -0.304. The van der Waals surface area contributed by atoms with Crippen LogP contribution in [0.3, 0.4) is 0 Å². The fraction of sp³-hybridized carbons (Fsp3) is 1.00. The van der Waals surface area contributed by atoms with Crippen molar-refractivity contribution in [1.82, 2.24) is 5.32 Å². The normalized spacial score (nSPS) is 23.7. The Morgan fingerprint density at radius 2 is 2.27 bits per heavy atom. The van der Waals surface area contributed by atoms with Gasteiger partial charge in [0, 0.05) is 38.8 Å². The van der Waals surface area contributed by atoms with Crippen LogP contribution >= 0.6 is 8.60 Å². The van der Waals surface area contributed by atoms with Crippen molar-refractivity contribution in [3.05, 3.63) is 0 Å². The molecule has 1 heterocycles. The molecule has 1 fully saturated rings. The molecule has 1 atom stereocenters. The van der Waals surface area contributed by atoms with E-state index in [0.717, 1.165) is 19.4 Å². The maximum Gasteiger partial charge on any atom is 0.392 e. The Morgan fingerprint density at radius 1 is 1.55 bits per heavy atom. The number of rotatable bonds is 3. The van der Waals surface area contributed by atoms with Crippen LogP contribution in [-0.2, 0) is 37.2 Å². The molecule has 0 spiro atoms. The first kappa shape index (κ1) is 12.4. The van der Waals surface area contributed by atoms with E-state index in [2.05, 4.69) is 9.84 Å². The van der Waals surface area contributed by atoms with Gasteiger partial charge in [-0.25, -0.2) is 0 Å². The zero-order valence-corrected chi connectivity index (χ0v) is 10.1. The predicted molar refractivity (Wildman–Crippen MR) is 39.7 cm³/mol. The fourth-order valence-corrected chi connectivity index (χ4v) is 1.42. The first-order valence-corrected chi connectivity index (χ1v) is 4.70. The Labute approximate surface area is 92.6 Å². The van der Waals surface area contributed by atoms with Gasteiger partial charge in [0.15, 0.2) is 0 Å². The fourth-order valence-electron chi connectivity index (χ4n) is 1.07. The maximum atomic E-state index is 8.42. The number of nitrogens with one attached hydrogen (secondary N) is 1. The second kappa shape index (κ2) is 6.84. The summed E-state index contributed by atoms with van der Waals surface area (Å²) < 4.78 is 4.68. The van der Waals surface area contributed by atoms with Crippen LogP contribution in [0.5, 0.6) is 0 Å². The van der Waals surface area contributed by atoms with E-state index in [4.69, 9.17) is 9.79 Å². The van der Waals surface area contributed by atoms with E-state index in [0.29, 0.717) is 12.6 Å². The summed E-state index contributed by atoms with van der Waals surface area (Å²) in [6.07, 6.45) is 2.24. The first-order valence-electron chi connectivity index (χ1n) is 3.40. The molecule has 1 aliphatic heterocycles. The minimum absolute atomic E-state index is 0. The van der Waals surface area contributed by atoms with Gasteiger partial charge in [-0.05, 0) is 19.4 Å². The SMILES string of the molecule is O[PH+](O)OCC1CCCN1.[Y]. The molecule has 3 N–H and O–H groups in total. The molecule has 0 amide bonds. The summed E-state index contributed by atoms with van der Waals surface area (Å²) in [5.74, 6) is 0. The molecule has 11 heavy (non-hydrogen) atoms. The van der Waals surface area contributed by atoms with Crippen molar-refractivity contribution in [2.24, 2.45) is 0 Å². The molecule has 0 aromatic carbocycles. The van der Waals surface area contributed by atoms with E-state index in [1.807, 2.05) is 0 Å². The third-order valence-electron chi connectivity index (χ3n) is 1.58. The summed E-state index contributed by atoms with van der Waals surface area (Å²) in [4.78, 5) is 16.8. The van der Waals surface area contributed by atoms with E-state index in [1.165, 1.54) is 0 Å². The van der Waals surface area contributed by atoms with Crippen molar-refractivity contribution in [2.45, 2.75) is 18.9 Å². The summed E-state index contributed by atoms with van der Waals surface area (Å²) in [6, 6.07) is 0.333. The third kappa shape index (κ3) is 5.59. The van der Waals surface area contributed by atoms with E-state index >= 15 is 0 Å². The minimum Gasteiger partial charge on any atom is -0.312 e. The summed E-state index contributed by atoms with van der Waals surface area (Å²) in [5, 5.41) is 3.18. The Bertz CT molecular complexity index is 99.7. The topological polar surface area (TPSA) is 61.7 Å². The zero-order chi connectivity index (χ0) is 7.40. The average Bonchev–Trinajstić information content (AvgIpc) is 2.34. The molecule has 0 aromatic heterocycles. The summed E-state index contributed by atoms with van der Waals surface area (Å²) >= 11 is 0. The molecule has 1 rings (SSSR count). The van der Waals surface area contributed by atoms with Gasteiger partial charge in [-0.1, -0.05) is 0 Å². The van der Waals surface area contributed by atoms with Gasteiger partial charge in [0.1, 0.15) is 6.61 Å². The Kier molecular flexibility index (Phi) is 7.70. The molecule has 1 unspecified atom stereocenters. The minimum atomic E-state index is -2.46. The zero-order valence-electron chi connectivity index (χ0n) is 6.29. The first-order chi connectivity index (χ1) is 4.79. The van der Waals surface area contributed by atoms with Crippen molar-refractivity contribution in [3.8, 4) is 0 Å². The second-order valence-electron chi connectivity index (χ2n) is 2.39. The van der Waals surface area contributed by atoms with E-state index in [1.54, 1.807) is 0 Å². The van der Waals surface area contributed by atoms with Crippen molar-refractivity contribution < 1.29 is 47.0 Å². The summed E-state index contributed by atoms with van der Waals surface area (Å²) in [7, 11) is -2.46. The van der Waals surface area contributed by atoms with E-state index in [9.17, 15) is 0 Å². The van der Waals surface area contributed by atoms with Crippen LogP contribution in [0.4, 0.5) is 0 Å². The smallest absolute Gasteiger partial charge is 0.312 e. The molecule has 4 nitrogen and oxygen atoms in total. The number of hydrogen-bond acceptors (Lipinski definition) is 4. The van der Waals surface area contributed by atoms with Gasteiger partial charge in [-0.3, -0.25) is 0 Å². The summed E-state index contributed by atoms with van der Waals surface area (Å²) in [6.45, 7) is 1.45. The average molecular weight is 255 g/mol. The number of hydrogen-bond donors (Lipinski definition) is 3. The van der Waals surface area contributed by atoms with Gasteiger partial charge in [0.25, 0.3) is 0 Å². The van der Waals surface area contributed by atoms with Crippen molar-refractivity contribution >= 4 is 8.60 Å². The van der Waals surface area contributed by atoms with Crippen LogP contribution in [0.1, 0.15) is 12.8 Å². The molecular weight excluding hydrogens is 242 g/mol. The molecule has 63 valence electrons. The van der Waals surface area contributed by atoms with Gasteiger partial charge in [-0.15, -0.1) is 0 Å². The molecule has 1 radical (unpaired) electrons. The van der Waals surface area contributed by atoms with Crippen molar-refractivity contribution in [2.75, 3.05) is 13.2 Å². The van der Waals surface area contributed by atoms with Crippen LogP contribution in [0.2, 0.25) is 0 Å². The molecule has 1 saturated heterocycles. The molecule has 0 bridgehead atoms. The second-order valence-corrected chi connectivity index (χ2v) is 3.24. The summed E-state index contributed by atoms with van der Waals surface area (Å²) in [5.41, 5.74) is 0. The molecule has 0 saturated carbocycles. The largest absolute Gasteiger partial charge is 0.392 e.